The molecule has 0 saturated heterocycles. The van der Waals surface area contributed by atoms with Crippen molar-refractivity contribution in [3.63, 3.8) is 0 Å². The number of amides is 1. The first-order valence-corrected chi connectivity index (χ1v) is 10.3. The monoisotopic (exact) mass is 410 g/mol. The number of hydrogen-bond donors (Lipinski definition) is 3. The van der Waals surface area contributed by atoms with Gasteiger partial charge in [0, 0.05) is 25.4 Å². The molecule has 3 aromatic rings. The van der Waals surface area contributed by atoms with Crippen LogP contribution in [-0.4, -0.2) is 40.7 Å². The van der Waals surface area contributed by atoms with Gasteiger partial charge in [-0.1, -0.05) is 19.3 Å². The Balaban J connectivity index is 1.49. The number of oxazole rings is 1. The molecule has 1 saturated carbocycles. The van der Waals surface area contributed by atoms with E-state index in [1.165, 1.54) is 25.5 Å². The van der Waals surface area contributed by atoms with Gasteiger partial charge in [-0.2, -0.15) is 4.98 Å². The number of nitrogens with zero attached hydrogens (tertiary/aromatic N) is 2. The molecule has 0 radical (unpaired) electrons. The lowest BCUT2D eigenvalue weighted by Gasteiger charge is -2.29. The van der Waals surface area contributed by atoms with Crippen LogP contribution in [0.25, 0.3) is 11.1 Å². The molecule has 1 aromatic carbocycles. The molecule has 158 valence electrons. The van der Waals surface area contributed by atoms with Gasteiger partial charge in [0.2, 0.25) is 0 Å². The molecule has 0 bridgehead atoms. The molecule has 2 aromatic heterocycles. The quantitative estimate of drug-likeness (QED) is 0.544. The number of aliphatic hydroxyl groups is 1. The lowest BCUT2D eigenvalue weighted by atomic mass is 9.84. The molecule has 4 rings (SSSR count). The number of aromatic nitrogens is 2. The molecule has 1 amide bonds. The summed E-state index contributed by atoms with van der Waals surface area (Å²) >= 11 is 0. The first-order chi connectivity index (χ1) is 14.7. The molecular formula is C22H26N4O4. The average molecular weight is 410 g/mol. The van der Waals surface area contributed by atoms with Gasteiger partial charge in [0.15, 0.2) is 5.58 Å². The smallest absolute Gasteiger partial charge is 0.295 e. The Labute approximate surface area is 174 Å². The van der Waals surface area contributed by atoms with E-state index < -0.39 is 0 Å². The van der Waals surface area contributed by atoms with E-state index >= 15 is 0 Å². The first kappa shape index (κ1) is 20.2. The topological polar surface area (TPSA) is 110 Å². The molecule has 1 aliphatic carbocycles. The van der Waals surface area contributed by atoms with Crippen LogP contribution in [0.1, 0.15) is 42.6 Å². The van der Waals surface area contributed by atoms with E-state index in [9.17, 15) is 9.90 Å². The summed E-state index contributed by atoms with van der Waals surface area (Å²) in [5.74, 6) is 1.21. The number of carbonyl (C=O) groups excluding carboxylic acids is 1. The van der Waals surface area contributed by atoms with Crippen molar-refractivity contribution in [1.29, 1.82) is 0 Å². The van der Waals surface area contributed by atoms with Crippen LogP contribution in [0, 0.1) is 5.92 Å². The predicted octanol–water partition coefficient (Wildman–Crippen LogP) is 3.73. The van der Waals surface area contributed by atoms with E-state index in [0.29, 0.717) is 34.5 Å². The Bertz CT molecular complexity index is 1010. The fourth-order valence-electron chi connectivity index (χ4n) is 3.90. The minimum absolute atomic E-state index is 0.0491. The fourth-order valence-corrected chi connectivity index (χ4v) is 3.90. The van der Waals surface area contributed by atoms with Crippen molar-refractivity contribution in [3.8, 4) is 11.5 Å². The van der Waals surface area contributed by atoms with Gasteiger partial charge < -0.3 is 24.9 Å². The molecule has 2 heterocycles. The van der Waals surface area contributed by atoms with Crippen LogP contribution in [0.5, 0.6) is 11.5 Å². The summed E-state index contributed by atoms with van der Waals surface area (Å²) in [6.45, 7) is 0.0491. The normalized spacial score (nSPS) is 15.7. The standard InChI is InChI=1S/C22H26N4O4/c1-23-21(28)18-11-16(9-10-24-18)29-15-7-8-17-20(12-15)30-22(25-17)26-19(13-27)14-5-3-2-4-6-14/h7-12,14,19,27H,2-6,13H2,1H3,(H,23,28)(H,25,26). The molecule has 30 heavy (non-hydrogen) atoms. The van der Waals surface area contributed by atoms with Crippen LogP contribution in [0.3, 0.4) is 0 Å². The summed E-state index contributed by atoms with van der Waals surface area (Å²) in [5, 5.41) is 15.6. The molecule has 1 unspecified atom stereocenters. The molecule has 8 nitrogen and oxygen atoms in total. The van der Waals surface area contributed by atoms with Crippen LogP contribution < -0.4 is 15.4 Å². The van der Waals surface area contributed by atoms with E-state index in [1.807, 2.05) is 6.07 Å². The van der Waals surface area contributed by atoms with Crippen LogP contribution in [0.2, 0.25) is 0 Å². The molecular weight excluding hydrogens is 384 g/mol. The highest BCUT2D eigenvalue weighted by atomic mass is 16.5. The maximum absolute atomic E-state index is 11.7. The summed E-state index contributed by atoms with van der Waals surface area (Å²) in [5.41, 5.74) is 1.56. The SMILES string of the molecule is CNC(=O)c1cc(Oc2ccc3nc(NC(CO)C4CCCCC4)oc3c2)ccn1. The van der Waals surface area contributed by atoms with Crippen molar-refractivity contribution in [2.24, 2.45) is 5.92 Å². The number of ether oxygens (including phenoxy) is 1. The van der Waals surface area contributed by atoms with Gasteiger partial charge in [0.05, 0.1) is 12.6 Å². The second kappa shape index (κ2) is 9.13. The Morgan fingerprint density at radius 1 is 1.23 bits per heavy atom. The van der Waals surface area contributed by atoms with Gasteiger partial charge >= 0.3 is 0 Å². The van der Waals surface area contributed by atoms with Crippen molar-refractivity contribution < 1.29 is 19.1 Å². The summed E-state index contributed by atoms with van der Waals surface area (Å²) in [6.07, 6.45) is 7.42. The minimum atomic E-state index is -0.279. The number of nitrogens with one attached hydrogen (secondary N) is 2. The summed E-state index contributed by atoms with van der Waals surface area (Å²) in [4.78, 5) is 20.3. The van der Waals surface area contributed by atoms with Crippen molar-refractivity contribution in [3.05, 3.63) is 42.2 Å². The zero-order valence-corrected chi connectivity index (χ0v) is 16.9. The number of fused-ring (bicyclic) bond motifs is 1. The van der Waals surface area contributed by atoms with E-state index in [1.54, 1.807) is 31.3 Å². The number of rotatable bonds is 7. The third-order valence-corrected chi connectivity index (χ3v) is 5.51. The molecule has 1 fully saturated rings. The number of carbonyl (C=O) groups is 1. The summed E-state index contributed by atoms with van der Waals surface area (Å²) < 4.78 is 11.7. The highest BCUT2D eigenvalue weighted by molar-refractivity contribution is 5.92. The molecule has 1 aliphatic rings. The zero-order valence-electron chi connectivity index (χ0n) is 16.9. The second-order valence-electron chi connectivity index (χ2n) is 7.54. The van der Waals surface area contributed by atoms with E-state index in [-0.39, 0.29) is 24.2 Å². The second-order valence-corrected chi connectivity index (χ2v) is 7.54. The lowest BCUT2D eigenvalue weighted by Crippen LogP contribution is -2.34. The summed E-state index contributed by atoms with van der Waals surface area (Å²) in [6, 6.07) is 8.95. The maximum Gasteiger partial charge on any atom is 0.295 e. The molecule has 8 heteroatoms. The Morgan fingerprint density at radius 2 is 2.03 bits per heavy atom. The van der Waals surface area contributed by atoms with Crippen LogP contribution >= 0.6 is 0 Å². The van der Waals surface area contributed by atoms with Gasteiger partial charge in [0.25, 0.3) is 11.9 Å². The van der Waals surface area contributed by atoms with Crippen LogP contribution in [-0.2, 0) is 0 Å². The van der Waals surface area contributed by atoms with E-state index in [4.69, 9.17) is 9.15 Å². The average Bonchev–Trinajstić information content (AvgIpc) is 3.19. The van der Waals surface area contributed by atoms with Crippen molar-refractivity contribution >= 4 is 23.0 Å². The largest absolute Gasteiger partial charge is 0.457 e. The third-order valence-electron chi connectivity index (χ3n) is 5.51. The van der Waals surface area contributed by atoms with Gasteiger partial charge in [-0.15, -0.1) is 0 Å². The third kappa shape index (κ3) is 4.54. The van der Waals surface area contributed by atoms with E-state index in [0.717, 1.165) is 12.8 Å². The minimum Gasteiger partial charge on any atom is -0.457 e. The van der Waals surface area contributed by atoms with Gasteiger partial charge in [-0.3, -0.25) is 9.78 Å². The number of anilines is 1. The number of aliphatic hydroxyl groups excluding tert-OH is 1. The fraction of sp³-hybridized carbons (Fsp3) is 0.409. The van der Waals surface area contributed by atoms with Gasteiger partial charge in [-0.25, -0.2) is 0 Å². The molecule has 3 N–H and O–H groups in total. The van der Waals surface area contributed by atoms with Crippen LogP contribution in [0.4, 0.5) is 6.01 Å². The predicted molar refractivity (Wildman–Crippen MR) is 113 cm³/mol. The lowest BCUT2D eigenvalue weighted by molar-refractivity contribution is 0.0958. The first-order valence-electron chi connectivity index (χ1n) is 10.3. The van der Waals surface area contributed by atoms with Gasteiger partial charge in [-0.05, 0) is 37.0 Å². The highest BCUT2D eigenvalue weighted by Crippen LogP contribution is 2.30. The van der Waals surface area contributed by atoms with Crippen molar-refractivity contribution in [2.75, 3.05) is 19.0 Å². The zero-order chi connectivity index (χ0) is 20.9. The Hall–Kier alpha value is -3.13. The van der Waals surface area contributed by atoms with Crippen molar-refractivity contribution in [1.82, 2.24) is 15.3 Å². The van der Waals surface area contributed by atoms with Gasteiger partial charge in [0.1, 0.15) is 22.7 Å². The number of hydrogen-bond acceptors (Lipinski definition) is 7. The highest BCUT2D eigenvalue weighted by Gasteiger charge is 2.24. The Kier molecular flexibility index (Phi) is 6.13. The van der Waals surface area contributed by atoms with Crippen molar-refractivity contribution in [2.45, 2.75) is 38.1 Å². The molecule has 0 aliphatic heterocycles. The van der Waals surface area contributed by atoms with E-state index in [2.05, 4.69) is 20.6 Å². The molecule has 0 spiro atoms. The molecule has 1 atom stereocenters. The number of benzene rings is 1. The summed E-state index contributed by atoms with van der Waals surface area (Å²) in [7, 11) is 1.55. The van der Waals surface area contributed by atoms with Crippen LogP contribution in [0.15, 0.2) is 40.9 Å². The number of pyridine rings is 1. The Morgan fingerprint density at radius 3 is 2.80 bits per heavy atom. The maximum atomic E-state index is 11.7.